The summed E-state index contributed by atoms with van der Waals surface area (Å²) in [4.78, 5) is 14.2. The first-order valence-corrected chi connectivity index (χ1v) is 7.56. The van der Waals surface area contributed by atoms with Crippen LogP contribution in [0.3, 0.4) is 0 Å². The number of hydrogen-bond acceptors (Lipinski definition) is 4. The van der Waals surface area contributed by atoms with Gasteiger partial charge in [-0.3, -0.25) is 4.79 Å². The number of rotatable bonds is 9. The third-order valence-electron chi connectivity index (χ3n) is 3.62. The first-order valence-electron chi connectivity index (χ1n) is 7.56. The van der Waals surface area contributed by atoms with Crippen molar-refractivity contribution in [3.05, 3.63) is 0 Å². The lowest BCUT2D eigenvalue weighted by Crippen LogP contribution is -2.49. The maximum atomic E-state index is 12.0. The number of carbonyl (C=O) groups excluding carboxylic acids is 1. The van der Waals surface area contributed by atoms with E-state index in [9.17, 15) is 4.79 Å². The van der Waals surface area contributed by atoms with Crippen LogP contribution in [-0.2, 0) is 9.53 Å². The minimum atomic E-state index is -0.188. The van der Waals surface area contributed by atoms with Gasteiger partial charge >= 0.3 is 5.97 Å². The largest absolute Gasteiger partial charge is 0.465 e. The number of likely N-dealkylation sites (N-methyl/N-ethyl adjacent to an activating group) is 1. The zero-order chi connectivity index (χ0) is 14.4. The third kappa shape index (κ3) is 6.39. The number of nitrogens with one attached hydrogen (secondary N) is 1. The van der Waals surface area contributed by atoms with Gasteiger partial charge in [0.2, 0.25) is 0 Å². The monoisotopic (exact) mass is 270 g/mol. The van der Waals surface area contributed by atoms with Crippen molar-refractivity contribution >= 4 is 5.97 Å². The first kappa shape index (κ1) is 16.4. The summed E-state index contributed by atoms with van der Waals surface area (Å²) in [5.41, 5.74) is 0. The van der Waals surface area contributed by atoms with Crippen molar-refractivity contribution in [2.75, 3.05) is 20.2 Å². The topological polar surface area (TPSA) is 41.6 Å². The summed E-state index contributed by atoms with van der Waals surface area (Å²) in [6.45, 7) is 9.72. The van der Waals surface area contributed by atoms with Gasteiger partial charge in [-0.1, -0.05) is 13.8 Å². The van der Waals surface area contributed by atoms with Gasteiger partial charge < -0.3 is 15.0 Å². The number of nitrogens with zero attached hydrogens (tertiary/aromatic N) is 1. The van der Waals surface area contributed by atoms with Crippen LogP contribution in [0.4, 0.5) is 0 Å². The fourth-order valence-electron chi connectivity index (χ4n) is 2.30. The summed E-state index contributed by atoms with van der Waals surface area (Å²) >= 11 is 0. The highest BCUT2D eigenvalue weighted by molar-refractivity contribution is 5.76. The summed E-state index contributed by atoms with van der Waals surface area (Å²) in [5.74, 6) is 0.563. The molecule has 2 atom stereocenters. The molecule has 0 aliphatic heterocycles. The lowest BCUT2D eigenvalue weighted by atomic mass is 10.0. The Balaban J connectivity index is 2.47. The van der Waals surface area contributed by atoms with E-state index >= 15 is 0 Å². The summed E-state index contributed by atoms with van der Waals surface area (Å²) < 4.78 is 5.17. The van der Waals surface area contributed by atoms with Gasteiger partial charge in [0.15, 0.2) is 0 Å². The molecule has 0 heterocycles. The Morgan fingerprint density at radius 3 is 2.47 bits per heavy atom. The molecule has 0 radical (unpaired) electrons. The zero-order valence-corrected chi connectivity index (χ0v) is 13.1. The summed E-state index contributed by atoms with van der Waals surface area (Å²) in [5, 5.41) is 3.40. The van der Waals surface area contributed by atoms with Crippen LogP contribution >= 0.6 is 0 Å². The molecule has 4 nitrogen and oxygen atoms in total. The highest BCUT2D eigenvalue weighted by Gasteiger charge is 2.30. The Morgan fingerprint density at radius 2 is 2.00 bits per heavy atom. The molecule has 1 saturated carbocycles. The molecule has 0 aromatic heterocycles. The van der Waals surface area contributed by atoms with Crippen molar-refractivity contribution in [3.63, 3.8) is 0 Å². The lowest BCUT2D eigenvalue weighted by molar-refractivity contribution is -0.146. The van der Waals surface area contributed by atoms with Crippen LogP contribution in [0, 0.1) is 5.92 Å². The molecule has 2 unspecified atom stereocenters. The van der Waals surface area contributed by atoms with E-state index in [4.69, 9.17) is 4.74 Å². The van der Waals surface area contributed by atoms with E-state index in [0.717, 1.165) is 13.0 Å². The maximum Gasteiger partial charge on any atom is 0.324 e. The average molecular weight is 270 g/mol. The summed E-state index contributed by atoms with van der Waals surface area (Å²) in [6, 6.07) is 0.813. The molecule has 4 heteroatoms. The predicted molar refractivity (Wildman–Crippen MR) is 78.1 cm³/mol. The molecule has 0 aromatic carbocycles. The molecule has 19 heavy (non-hydrogen) atoms. The van der Waals surface area contributed by atoms with E-state index < -0.39 is 0 Å². The fourth-order valence-corrected chi connectivity index (χ4v) is 2.30. The van der Waals surface area contributed by atoms with Crippen molar-refractivity contribution in [3.8, 4) is 0 Å². The van der Waals surface area contributed by atoms with Crippen LogP contribution in [-0.4, -0.2) is 49.2 Å². The van der Waals surface area contributed by atoms with E-state index in [1.165, 1.54) is 12.8 Å². The highest BCUT2D eigenvalue weighted by Crippen LogP contribution is 2.20. The average Bonchev–Trinajstić information content (AvgIpc) is 3.11. The third-order valence-corrected chi connectivity index (χ3v) is 3.62. The normalized spacial score (nSPS) is 18.7. The minimum absolute atomic E-state index is 0.113. The Kier molecular flexibility index (Phi) is 6.80. The molecule has 1 rings (SSSR count). The Morgan fingerprint density at radius 1 is 1.37 bits per heavy atom. The fraction of sp³-hybridized carbons (Fsp3) is 0.933. The maximum absolute atomic E-state index is 12.0. The molecule has 1 fully saturated rings. The Bertz CT molecular complexity index is 277. The van der Waals surface area contributed by atoms with Crippen molar-refractivity contribution in [1.82, 2.24) is 10.2 Å². The molecule has 0 amide bonds. The van der Waals surface area contributed by atoms with Gasteiger partial charge in [-0.25, -0.2) is 0 Å². The van der Waals surface area contributed by atoms with E-state index in [1.54, 1.807) is 0 Å². The SMILES string of the molecule is CCOC(=O)C(CN(C)C(C)CC(C)C)NC1CC1. The number of ether oxygens (including phenoxy) is 1. The molecule has 1 aliphatic carbocycles. The van der Waals surface area contributed by atoms with E-state index in [-0.39, 0.29) is 12.0 Å². The molecule has 0 aromatic rings. The van der Waals surface area contributed by atoms with Gasteiger partial charge in [0.25, 0.3) is 0 Å². The lowest BCUT2D eigenvalue weighted by Gasteiger charge is -2.29. The smallest absolute Gasteiger partial charge is 0.324 e. The van der Waals surface area contributed by atoms with Crippen molar-refractivity contribution in [2.24, 2.45) is 5.92 Å². The number of esters is 1. The van der Waals surface area contributed by atoms with Gasteiger partial charge in [-0.15, -0.1) is 0 Å². The summed E-state index contributed by atoms with van der Waals surface area (Å²) in [6.07, 6.45) is 3.51. The number of hydrogen-bond donors (Lipinski definition) is 1. The zero-order valence-electron chi connectivity index (χ0n) is 13.1. The second-order valence-corrected chi connectivity index (χ2v) is 6.16. The quantitative estimate of drug-likeness (QED) is 0.651. The van der Waals surface area contributed by atoms with Crippen molar-refractivity contribution < 1.29 is 9.53 Å². The van der Waals surface area contributed by atoms with E-state index in [0.29, 0.717) is 24.6 Å². The molecular formula is C15H30N2O2. The predicted octanol–water partition coefficient (Wildman–Crippen LogP) is 2.04. The Labute approximate surface area is 117 Å². The minimum Gasteiger partial charge on any atom is -0.465 e. The molecule has 0 spiro atoms. The van der Waals surface area contributed by atoms with Gasteiger partial charge in [-0.2, -0.15) is 0 Å². The molecular weight excluding hydrogens is 240 g/mol. The van der Waals surface area contributed by atoms with E-state index in [1.807, 2.05) is 6.92 Å². The standard InChI is InChI=1S/C15H30N2O2/c1-6-19-15(18)14(16-13-7-8-13)10-17(5)12(4)9-11(2)3/h11-14,16H,6-10H2,1-5H3. The summed E-state index contributed by atoms with van der Waals surface area (Å²) in [7, 11) is 2.09. The molecule has 1 N–H and O–H groups in total. The van der Waals surface area contributed by atoms with E-state index in [2.05, 4.69) is 38.0 Å². The van der Waals surface area contributed by atoms with Crippen molar-refractivity contribution in [1.29, 1.82) is 0 Å². The van der Waals surface area contributed by atoms with Crippen LogP contribution in [0.25, 0.3) is 0 Å². The van der Waals surface area contributed by atoms with Gasteiger partial charge in [0, 0.05) is 18.6 Å². The second kappa shape index (κ2) is 7.85. The van der Waals surface area contributed by atoms with Crippen molar-refractivity contribution in [2.45, 2.75) is 65.1 Å². The first-order chi connectivity index (χ1) is 8.93. The van der Waals surface area contributed by atoms with Crippen LogP contribution in [0.2, 0.25) is 0 Å². The molecule has 0 bridgehead atoms. The van der Waals surface area contributed by atoms with Gasteiger partial charge in [-0.05, 0) is 46.1 Å². The van der Waals surface area contributed by atoms with Crippen LogP contribution < -0.4 is 5.32 Å². The highest BCUT2D eigenvalue weighted by atomic mass is 16.5. The van der Waals surface area contributed by atoms with Gasteiger partial charge in [0.1, 0.15) is 6.04 Å². The van der Waals surface area contributed by atoms with Crippen LogP contribution in [0.1, 0.15) is 47.0 Å². The van der Waals surface area contributed by atoms with Crippen LogP contribution in [0.5, 0.6) is 0 Å². The molecule has 1 aliphatic rings. The Hall–Kier alpha value is -0.610. The number of carbonyl (C=O) groups is 1. The van der Waals surface area contributed by atoms with Gasteiger partial charge in [0.05, 0.1) is 6.61 Å². The van der Waals surface area contributed by atoms with Crippen LogP contribution in [0.15, 0.2) is 0 Å². The second-order valence-electron chi connectivity index (χ2n) is 6.16. The molecule has 112 valence electrons. The molecule has 0 saturated heterocycles.